The number of aromatic nitrogens is 1. The van der Waals surface area contributed by atoms with E-state index in [4.69, 9.17) is 4.98 Å². The average molecular weight is 301 g/mol. The van der Waals surface area contributed by atoms with E-state index in [0.717, 1.165) is 24.6 Å². The summed E-state index contributed by atoms with van der Waals surface area (Å²) >= 11 is 1.75. The summed E-state index contributed by atoms with van der Waals surface area (Å²) in [4.78, 5) is 7.31. The van der Waals surface area contributed by atoms with Crippen molar-refractivity contribution < 1.29 is 0 Å². The molecule has 1 fully saturated rings. The molecule has 1 aliphatic heterocycles. The molecule has 0 saturated carbocycles. The number of benzene rings is 1. The number of likely N-dealkylation sites (tertiary alicyclic amines) is 1. The van der Waals surface area contributed by atoms with Gasteiger partial charge in [0.05, 0.1) is 5.69 Å². The SMILES string of the molecule is CNC1(C)CCN(Cc2csc(-c3ccccc3)n2)CC1. The summed E-state index contributed by atoms with van der Waals surface area (Å²) in [5.41, 5.74) is 2.73. The van der Waals surface area contributed by atoms with Crippen LogP contribution in [0.25, 0.3) is 10.6 Å². The highest BCUT2D eigenvalue weighted by atomic mass is 32.1. The zero-order chi connectivity index (χ0) is 14.7. The van der Waals surface area contributed by atoms with E-state index in [0.29, 0.717) is 5.54 Å². The first kappa shape index (κ1) is 14.7. The second kappa shape index (κ2) is 6.26. The van der Waals surface area contributed by atoms with Crippen LogP contribution in [0.3, 0.4) is 0 Å². The Kier molecular flexibility index (Phi) is 4.38. The van der Waals surface area contributed by atoms with E-state index in [1.807, 2.05) is 6.07 Å². The minimum Gasteiger partial charge on any atom is -0.314 e. The van der Waals surface area contributed by atoms with E-state index >= 15 is 0 Å². The molecule has 0 aliphatic carbocycles. The van der Waals surface area contributed by atoms with Gasteiger partial charge in [-0.3, -0.25) is 4.90 Å². The van der Waals surface area contributed by atoms with E-state index in [2.05, 4.69) is 53.8 Å². The van der Waals surface area contributed by atoms with Crippen molar-refractivity contribution >= 4 is 11.3 Å². The van der Waals surface area contributed by atoms with Gasteiger partial charge in [0, 0.05) is 36.1 Å². The Balaban J connectivity index is 1.61. The lowest BCUT2D eigenvalue weighted by Crippen LogP contribution is -2.49. The minimum absolute atomic E-state index is 0.313. The molecule has 1 aliphatic rings. The largest absolute Gasteiger partial charge is 0.314 e. The smallest absolute Gasteiger partial charge is 0.123 e. The molecule has 0 amide bonds. The van der Waals surface area contributed by atoms with E-state index in [9.17, 15) is 0 Å². The predicted octanol–water partition coefficient (Wildman–Crippen LogP) is 3.38. The van der Waals surface area contributed by atoms with Gasteiger partial charge in [-0.1, -0.05) is 30.3 Å². The number of nitrogens with one attached hydrogen (secondary N) is 1. The molecule has 4 heteroatoms. The fourth-order valence-electron chi connectivity index (χ4n) is 2.78. The zero-order valence-corrected chi connectivity index (χ0v) is 13.6. The number of hydrogen-bond donors (Lipinski definition) is 1. The second-order valence-corrected chi connectivity index (χ2v) is 6.95. The van der Waals surface area contributed by atoms with E-state index in [1.165, 1.54) is 24.1 Å². The van der Waals surface area contributed by atoms with E-state index < -0.39 is 0 Å². The Morgan fingerprint density at radius 2 is 1.95 bits per heavy atom. The molecule has 0 bridgehead atoms. The lowest BCUT2D eigenvalue weighted by Gasteiger charge is -2.39. The van der Waals surface area contributed by atoms with Gasteiger partial charge in [-0.2, -0.15) is 0 Å². The molecular weight excluding hydrogens is 278 g/mol. The number of hydrogen-bond acceptors (Lipinski definition) is 4. The van der Waals surface area contributed by atoms with Crippen LogP contribution in [0.15, 0.2) is 35.7 Å². The molecule has 0 atom stereocenters. The van der Waals surface area contributed by atoms with Gasteiger partial charge >= 0.3 is 0 Å². The molecule has 21 heavy (non-hydrogen) atoms. The third kappa shape index (κ3) is 3.51. The van der Waals surface area contributed by atoms with Gasteiger partial charge < -0.3 is 5.32 Å². The van der Waals surface area contributed by atoms with Gasteiger partial charge in [0.2, 0.25) is 0 Å². The van der Waals surface area contributed by atoms with Crippen LogP contribution in [0, 0.1) is 0 Å². The minimum atomic E-state index is 0.313. The summed E-state index contributed by atoms with van der Waals surface area (Å²) in [5.74, 6) is 0. The van der Waals surface area contributed by atoms with Crippen molar-refractivity contribution in [1.29, 1.82) is 0 Å². The standard InChI is InChI=1S/C17H23N3S/c1-17(18-2)8-10-20(11-9-17)12-15-13-21-16(19-15)14-6-4-3-5-7-14/h3-7,13,18H,8-12H2,1-2H3. The summed E-state index contributed by atoms with van der Waals surface area (Å²) in [6.07, 6.45) is 2.42. The molecule has 1 aromatic heterocycles. The lowest BCUT2D eigenvalue weighted by atomic mass is 9.90. The van der Waals surface area contributed by atoms with Crippen molar-refractivity contribution in [2.24, 2.45) is 0 Å². The third-order valence-corrected chi connectivity index (χ3v) is 5.46. The van der Waals surface area contributed by atoms with Gasteiger partial charge in [0.25, 0.3) is 0 Å². The number of piperidine rings is 1. The van der Waals surface area contributed by atoms with Gasteiger partial charge in [-0.15, -0.1) is 11.3 Å². The van der Waals surface area contributed by atoms with Crippen molar-refractivity contribution in [3.8, 4) is 10.6 Å². The zero-order valence-electron chi connectivity index (χ0n) is 12.8. The maximum absolute atomic E-state index is 4.79. The maximum atomic E-state index is 4.79. The second-order valence-electron chi connectivity index (χ2n) is 6.10. The molecule has 2 aromatic rings. The number of thiazole rings is 1. The highest BCUT2D eigenvalue weighted by Gasteiger charge is 2.28. The van der Waals surface area contributed by atoms with E-state index in [1.54, 1.807) is 11.3 Å². The quantitative estimate of drug-likeness (QED) is 0.938. The van der Waals surface area contributed by atoms with Crippen LogP contribution in [0.4, 0.5) is 0 Å². The van der Waals surface area contributed by atoms with E-state index in [-0.39, 0.29) is 0 Å². The molecule has 0 radical (unpaired) electrons. The lowest BCUT2D eigenvalue weighted by molar-refractivity contribution is 0.145. The molecule has 112 valence electrons. The Labute approximate surface area is 131 Å². The molecule has 0 unspecified atom stereocenters. The van der Waals surface area contributed by atoms with Crippen LogP contribution in [-0.2, 0) is 6.54 Å². The first-order chi connectivity index (χ1) is 10.2. The molecule has 3 nitrogen and oxygen atoms in total. The molecule has 0 spiro atoms. The topological polar surface area (TPSA) is 28.2 Å². The highest BCUT2D eigenvalue weighted by molar-refractivity contribution is 7.13. The summed E-state index contributed by atoms with van der Waals surface area (Å²) in [6, 6.07) is 10.4. The van der Waals surface area contributed by atoms with Crippen molar-refractivity contribution in [3.05, 3.63) is 41.4 Å². The summed E-state index contributed by atoms with van der Waals surface area (Å²) in [5, 5.41) is 6.78. The van der Waals surface area contributed by atoms with Crippen LogP contribution in [0.1, 0.15) is 25.5 Å². The fourth-order valence-corrected chi connectivity index (χ4v) is 3.59. The summed E-state index contributed by atoms with van der Waals surface area (Å²) < 4.78 is 0. The summed E-state index contributed by atoms with van der Waals surface area (Å²) in [6.45, 7) is 5.59. The van der Waals surface area contributed by atoms with Crippen LogP contribution >= 0.6 is 11.3 Å². The molecule has 1 aromatic carbocycles. The van der Waals surface area contributed by atoms with Crippen molar-refractivity contribution in [1.82, 2.24) is 15.2 Å². The first-order valence-electron chi connectivity index (χ1n) is 7.60. The van der Waals surface area contributed by atoms with Crippen LogP contribution in [-0.4, -0.2) is 35.6 Å². The molecule has 1 N–H and O–H groups in total. The molecule has 3 rings (SSSR count). The van der Waals surface area contributed by atoms with Gasteiger partial charge in [-0.25, -0.2) is 4.98 Å². The molecule has 1 saturated heterocycles. The number of nitrogens with zero attached hydrogens (tertiary/aromatic N) is 2. The van der Waals surface area contributed by atoms with Crippen molar-refractivity contribution in [2.75, 3.05) is 20.1 Å². The maximum Gasteiger partial charge on any atom is 0.123 e. The summed E-state index contributed by atoms with van der Waals surface area (Å²) in [7, 11) is 2.07. The number of rotatable bonds is 4. The Morgan fingerprint density at radius 3 is 2.62 bits per heavy atom. The van der Waals surface area contributed by atoms with Gasteiger partial charge in [-0.05, 0) is 26.8 Å². The highest BCUT2D eigenvalue weighted by Crippen LogP contribution is 2.26. The van der Waals surface area contributed by atoms with Crippen LogP contribution in [0.5, 0.6) is 0 Å². The van der Waals surface area contributed by atoms with Gasteiger partial charge in [0.15, 0.2) is 0 Å². The Morgan fingerprint density at radius 1 is 1.24 bits per heavy atom. The monoisotopic (exact) mass is 301 g/mol. The average Bonchev–Trinajstić information content (AvgIpc) is 2.99. The Bertz CT molecular complexity index is 571. The molecular formula is C17H23N3S. The normalized spacial score (nSPS) is 18.8. The third-order valence-electron chi connectivity index (χ3n) is 4.52. The predicted molar refractivity (Wildman–Crippen MR) is 89.5 cm³/mol. The van der Waals surface area contributed by atoms with Crippen LogP contribution < -0.4 is 5.32 Å². The molecule has 2 heterocycles. The first-order valence-corrected chi connectivity index (χ1v) is 8.48. The fraction of sp³-hybridized carbons (Fsp3) is 0.471. The Hall–Kier alpha value is -1.23. The van der Waals surface area contributed by atoms with Gasteiger partial charge in [0.1, 0.15) is 5.01 Å². The van der Waals surface area contributed by atoms with Crippen molar-refractivity contribution in [3.63, 3.8) is 0 Å². The van der Waals surface area contributed by atoms with Crippen LogP contribution in [0.2, 0.25) is 0 Å². The van der Waals surface area contributed by atoms with Crippen molar-refractivity contribution in [2.45, 2.75) is 31.8 Å².